The number of imidazole rings is 1. The number of carbonyl (C=O) groups is 1. The molecule has 0 spiro atoms. The van der Waals surface area contributed by atoms with Crippen molar-refractivity contribution in [3.8, 4) is 0 Å². The lowest BCUT2D eigenvalue weighted by atomic mass is 9.97. The standard InChI is InChI=1S/C24H29ClN4O3S/c1-33(32)21-12-17(23(26)31)11-19-22(21)29(14-16-8-3-2-4-10-20(16)30)24(28-19)27-13-15-7-5-6-9-18(15)25/h5-7,9,11-12,16,20,30H,2-4,8,10,13-14H2,1H3,(H2,26,31)(H,27,28)/t16-,20-,33?/m1/s1. The maximum Gasteiger partial charge on any atom is 0.248 e. The maximum absolute atomic E-state index is 12.7. The minimum Gasteiger partial charge on any atom is -0.393 e. The molecule has 1 aliphatic carbocycles. The van der Waals surface area contributed by atoms with E-state index in [2.05, 4.69) is 5.32 Å². The summed E-state index contributed by atoms with van der Waals surface area (Å²) in [6.07, 6.45) is 6.06. The lowest BCUT2D eigenvalue weighted by Gasteiger charge is -2.23. The van der Waals surface area contributed by atoms with E-state index >= 15 is 0 Å². The van der Waals surface area contributed by atoms with Crippen LogP contribution < -0.4 is 11.1 Å². The molecular formula is C24H29ClN4O3S. The van der Waals surface area contributed by atoms with Gasteiger partial charge in [-0.2, -0.15) is 0 Å². The van der Waals surface area contributed by atoms with E-state index in [1.807, 2.05) is 28.8 Å². The Hall–Kier alpha value is -2.42. The van der Waals surface area contributed by atoms with Crippen LogP contribution in [0.15, 0.2) is 41.3 Å². The highest BCUT2D eigenvalue weighted by atomic mass is 35.5. The van der Waals surface area contributed by atoms with Gasteiger partial charge in [0.1, 0.15) is 0 Å². The summed E-state index contributed by atoms with van der Waals surface area (Å²) in [6.45, 7) is 0.978. The van der Waals surface area contributed by atoms with Gasteiger partial charge in [-0.05, 0) is 36.6 Å². The Balaban J connectivity index is 1.81. The zero-order chi connectivity index (χ0) is 23.5. The molecule has 1 heterocycles. The fraction of sp³-hybridized carbons (Fsp3) is 0.417. The number of amides is 1. The average Bonchev–Trinajstić information content (AvgIpc) is 2.99. The summed E-state index contributed by atoms with van der Waals surface area (Å²) in [4.78, 5) is 17.1. The zero-order valence-corrected chi connectivity index (χ0v) is 20.2. The second-order valence-electron chi connectivity index (χ2n) is 8.62. The van der Waals surface area contributed by atoms with Gasteiger partial charge in [0.25, 0.3) is 0 Å². The molecule has 0 bridgehead atoms. The fourth-order valence-electron chi connectivity index (χ4n) is 4.53. The highest BCUT2D eigenvalue weighted by molar-refractivity contribution is 7.84. The molecule has 1 amide bonds. The van der Waals surface area contributed by atoms with Crippen molar-refractivity contribution >= 4 is 45.3 Å². The van der Waals surface area contributed by atoms with Gasteiger partial charge in [0.05, 0.1) is 32.8 Å². The van der Waals surface area contributed by atoms with Gasteiger partial charge in [-0.25, -0.2) is 4.98 Å². The first kappa shape index (κ1) is 23.7. The quantitative estimate of drug-likeness (QED) is 0.434. The number of hydrogen-bond donors (Lipinski definition) is 3. The molecule has 1 aromatic heterocycles. The normalized spacial score (nSPS) is 19.8. The predicted molar refractivity (Wildman–Crippen MR) is 132 cm³/mol. The van der Waals surface area contributed by atoms with E-state index in [4.69, 9.17) is 22.3 Å². The third kappa shape index (κ3) is 5.23. The number of nitrogens with zero attached hydrogens (tertiary/aromatic N) is 2. The number of fused-ring (bicyclic) bond motifs is 1. The highest BCUT2D eigenvalue weighted by Crippen LogP contribution is 2.32. The first-order valence-corrected chi connectivity index (χ1v) is 13.1. The molecule has 1 unspecified atom stereocenters. The Kier molecular flexibility index (Phi) is 7.36. The molecule has 1 fully saturated rings. The van der Waals surface area contributed by atoms with Crippen LogP contribution in [0.1, 0.15) is 48.0 Å². The first-order valence-electron chi connectivity index (χ1n) is 11.2. The minimum absolute atomic E-state index is 0.0553. The number of primary amides is 1. The number of aromatic nitrogens is 2. The molecule has 0 saturated heterocycles. The molecule has 1 aliphatic rings. The molecule has 33 heavy (non-hydrogen) atoms. The van der Waals surface area contributed by atoms with Gasteiger partial charge in [0.2, 0.25) is 11.9 Å². The SMILES string of the molecule is CS(=O)c1cc(C(N)=O)cc2nc(NCc3ccccc3Cl)n(C[C@H]3CCCCC[C@H]3O)c12. The largest absolute Gasteiger partial charge is 0.393 e. The summed E-state index contributed by atoms with van der Waals surface area (Å²) < 4.78 is 14.7. The summed E-state index contributed by atoms with van der Waals surface area (Å²) in [6, 6.07) is 10.8. The second kappa shape index (κ2) is 10.2. The Morgan fingerprint density at radius 1 is 1.27 bits per heavy atom. The van der Waals surface area contributed by atoms with Gasteiger partial charge < -0.3 is 20.7 Å². The van der Waals surface area contributed by atoms with Crippen molar-refractivity contribution in [3.63, 3.8) is 0 Å². The molecular weight excluding hydrogens is 460 g/mol. The van der Waals surface area contributed by atoms with Crippen molar-refractivity contribution in [2.75, 3.05) is 11.6 Å². The van der Waals surface area contributed by atoms with E-state index in [1.165, 1.54) is 0 Å². The number of aliphatic hydroxyl groups excluding tert-OH is 1. The molecule has 0 aliphatic heterocycles. The van der Waals surface area contributed by atoms with Crippen LogP contribution in [-0.2, 0) is 23.9 Å². The van der Waals surface area contributed by atoms with Crippen molar-refractivity contribution in [2.24, 2.45) is 11.7 Å². The van der Waals surface area contributed by atoms with Crippen LogP contribution in [0.2, 0.25) is 5.02 Å². The highest BCUT2D eigenvalue weighted by Gasteiger charge is 2.26. The van der Waals surface area contributed by atoms with Crippen molar-refractivity contribution in [3.05, 3.63) is 52.5 Å². The monoisotopic (exact) mass is 488 g/mol. The van der Waals surface area contributed by atoms with E-state index < -0.39 is 22.8 Å². The van der Waals surface area contributed by atoms with E-state index in [0.717, 1.165) is 37.7 Å². The van der Waals surface area contributed by atoms with E-state index in [9.17, 15) is 14.1 Å². The fourth-order valence-corrected chi connectivity index (χ4v) is 5.52. The summed E-state index contributed by atoms with van der Waals surface area (Å²) in [5, 5.41) is 14.8. The van der Waals surface area contributed by atoms with Crippen LogP contribution in [0.4, 0.5) is 5.95 Å². The Labute approximate surface area is 200 Å². The summed E-state index contributed by atoms with van der Waals surface area (Å²) in [5.74, 6) is 0.0392. The van der Waals surface area contributed by atoms with Gasteiger partial charge >= 0.3 is 0 Å². The van der Waals surface area contributed by atoms with Gasteiger partial charge in [0, 0.05) is 35.8 Å². The lowest BCUT2D eigenvalue weighted by molar-refractivity contribution is 0.0917. The Morgan fingerprint density at radius 3 is 2.76 bits per heavy atom. The molecule has 176 valence electrons. The third-order valence-corrected chi connectivity index (χ3v) is 7.63. The summed E-state index contributed by atoms with van der Waals surface area (Å²) >= 11 is 6.33. The third-order valence-electron chi connectivity index (χ3n) is 6.33. The number of nitrogens with one attached hydrogen (secondary N) is 1. The number of benzene rings is 2. The molecule has 4 rings (SSSR count). The molecule has 3 aromatic rings. The number of hydrogen-bond acceptors (Lipinski definition) is 5. The van der Waals surface area contributed by atoms with E-state index in [0.29, 0.717) is 40.0 Å². The van der Waals surface area contributed by atoms with Crippen LogP contribution in [0, 0.1) is 5.92 Å². The molecule has 7 nitrogen and oxygen atoms in total. The number of rotatable bonds is 7. The van der Waals surface area contributed by atoms with Crippen molar-refractivity contribution < 1.29 is 14.1 Å². The molecule has 9 heteroatoms. The smallest absolute Gasteiger partial charge is 0.248 e. The zero-order valence-electron chi connectivity index (χ0n) is 18.6. The Morgan fingerprint density at radius 2 is 2.03 bits per heavy atom. The van der Waals surface area contributed by atoms with Crippen molar-refractivity contribution in [2.45, 2.75) is 56.2 Å². The van der Waals surface area contributed by atoms with Gasteiger partial charge in [-0.1, -0.05) is 49.1 Å². The van der Waals surface area contributed by atoms with E-state index in [1.54, 1.807) is 18.4 Å². The van der Waals surface area contributed by atoms with Gasteiger partial charge in [0.15, 0.2) is 0 Å². The maximum atomic E-state index is 12.7. The predicted octanol–water partition coefficient (Wildman–Crippen LogP) is 4.08. The Bertz CT molecular complexity index is 1200. The average molecular weight is 489 g/mol. The van der Waals surface area contributed by atoms with Crippen LogP contribution in [0.5, 0.6) is 0 Å². The molecule has 2 aromatic carbocycles. The van der Waals surface area contributed by atoms with Crippen LogP contribution in [0.3, 0.4) is 0 Å². The number of halogens is 1. The van der Waals surface area contributed by atoms with Crippen LogP contribution >= 0.6 is 11.6 Å². The van der Waals surface area contributed by atoms with Crippen LogP contribution in [-0.4, -0.2) is 37.1 Å². The lowest BCUT2D eigenvalue weighted by Crippen LogP contribution is -2.25. The summed E-state index contributed by atoms with van der Waals surface area (Å²) in [5.41, 5.74) is 7.94. The van der Waals surface area contributed by atoms with Gasteiger partial charge in [-0.3, -0.25) is 9.00 Å². The summed E-state index contributed by atoms with van der Waals surface area (Å²) in [7, 11) is -1.37. The molecule has 0 radical (unpaired) electrons. The topological polar surface area (TPSA) is 110 Å². The van der Waals surface area contributed by atoms with E-state index in [-0.39, 0.29) is 11.5 Å². The second-order valence-corrected chi connectivity index (χ2v) is 10.4. The number of nitrogens with two attached hydrogens (primary N) is 1. The van der Waals surface area contributed by atoms with Crippen molar-refractivity contribution in [1.29, 1.82) is 0 Å². The van der Waals surface area contributed by atoms with Gasteiger partial charge in [-0.15, -0.1) is 0 Å². The number of anilines is 1. The first-order chi connectivity index (χ1) is 15.8. The molecule has 3 atom stereocenters. The minimum atomic E-state index is -1.37. The number of carbonyl (C=O) groups excluding carboxylic acids is 1. The number of aliphatic hydroxyl groups is 1. The molecule has 1 saturated carbocycles. The van der Waals surface area contributed by atoms with Crippen molar-refractivity contribution in [1.82, 2.24) is 9.55 Å². The molecule has 4 N–H and O–H groups in total. The van der Waals surface area contributed by atoms with Crippen LogP contribution in [0.25, 0.3) is 11.0 Å².